The number of phenolic OH excluding ortho intramolecular Hbond substituents is 4. The lowest BCUT2D eigenvalue weighted by Crippen LogP contribution is -2.55. The van der Waals surface area contributed by atoms with Crippen molar-refractivity contribution in [2.75, 3.05) is 6.61 Å². The van der Waals surface area contributed by atoms with Crippen molar-refractivity contribution < 1.29 is 55.4 Å². The van der Waals surface area contributed by atoms with Crippen LogP contribution in [0, 0.1) is 0 Å². The van der Waals surface area contributed by atoms with Crippen molar-refractivity contribution in [3.63, 3.8) is 0 Å². The number of phenols is 4. The van der Waals surface area contributed by atoms with Crippen molar-refractivity contribution in [3.8, 4) is 34.5 Å². The average molecular weight is 424 g/mol. The van der Waals surface area contributed by atoms with E-state index in [9.17, 15) is 46.0 Å². The van der Waals surface area contributed by atoms with Crippen LogP contribution in [0.4, 0.5) is 0 Å². The molecule has 0 amide bonds. The third kappa shape index (κ3) is 2.91. The maximum Gasteiger partial charge on any atom is 0.161 e. The molecule has 11 nitrogen and oxygen atoms in total. The molecule has 4 unspecified atom stereocenters. The van der Waals surface area contributed by atoms with Gasteiger partial charge in [0.1, 0.15) is 59.6 Å². The minimum absolute atomic E-state index is 0.0125. The van der Waals surface area contributed by atoms with Crippen LogP contribution in [0.5, 0.6) is 34.5 Å². The molecule has 1 saturated heterocycles. The first-order valence-corrected chi connectivity index (χ1v) is 8.96. The van der Waals surface area contributed by atoms with Gasteiger partial charge in [-0.2, -0.15) is 0 Å². The molecule has 0 saturated carbocycles. The molecule has 1 fully saturated rings. The molecule has 0 radical (unpaired) electrons. The zero-order valence-corrected chi connectivity index (χ0v) is 15.2. The van der Waals surface area contributed by atoms with Crippen molar-refractivity contribution in [1.82, 2.24) is 0 Å². The predicted molar refractivity (Wildman–Crippen MR) is 96.4 cm³/mol. The second-order valence-electron chi connectivity index (χ2n) is 7.20. The summed E-state index contributed by atoms with van der Waals surface area (Å²) in [5.74, 6) is -2.56. The van der Waals surface area contributed by atoms with Crippen LogP contribution in [0.15, 0.2) is 18.2 Å². The van der Waals surface area contributed by atoms with Crippen molar-refractivity contribution in [2.24, 2.45) is 0 Å². The quantitative estimate of drug-likeness (QED) is 0.274. The van der Waals surface area contributed by atoms with Crippen molar-refractivity contribution in [1.29, 1.82) is 0 Å². The zero-order chi connectivity index (χ0) is 21.9. The number of fused-ring (bicyclic) bond motifs is 2. The molecule has 9 N–H and O–H groups in total. The number of hydrogen-bond donors (Lipinski definition) is 9. The smallest absolute Gasteiger partial charge is 0.161 e. The Morgan fingerprint density at radius 3 is 2.03 bits per heavy atom. The van der Waals surface area contributed by atoms with Crippen LogP contribution in [-0.4, -0.2) is 77.0 Å². The number of hydrogen-bond acceptors (Lipinski definition) is 11. The summed E-state index contributed by atoms with van der Waals surface area (Å²) in [6.07, 6.45) is -9.58. The highest BCUT2D eigenvalue weighted by atomic mass is 16.5. The first-order valence-electron chi connectivity index (χ1n) is 8.96. The average Bonchev–Trinajstić information content (AvgIpc) is 2.69. The molecule has 162 valence electrons. The van der Waals surface area contributed by atoms with Gasteiger partial charge in [0.2, 0.25) is 0 Å². The van der Waals surface area contributed by atoms with Gasteiger partial charge in [-0.25, -0.2) is 0 Å². The summed E-state index contributed by atoms with van der Waals surface area (Å²) in [6.45, 7) is -0.713. The fraction of sp³-hybridized carbons (Fsp3) is 0.368. The Hall–Kier alpha value is -2.80. The highest BCUT2D eigenvalue weighted by molar-refractivity contribution is 5.65. The van der Waals surface area contributed by atoms with E-state index in [2.05, 4.69) is 0 Å². The highest BCUT2D eigenvalue weighted by Gasteiger charge is 2.47. The number of ether oxygens (including phenoxy) is 2. The van der Waals surface area contributed by atoms with E-state index in [1.165, 1.54) is 0 Å². The van der Waals surface area contributed by atoms with E-state index in [-0.39, 0.29) is 22.6 Å². The first-order chi connectivity index (χ1) is 14.1. The predicted octanol–water partition coefficient (Wildman–Crippen LogP) is -0.789. The van der Waals surface area contributed by atoms with E-state index in [4.69, 9.17) is 9.47 Å². The van der Waals surface area contributed by atoms with E-state index >= 15 is 0 Å². The van der Waals surface area contributed by atoms with Crippen LogP contribution < -0.4 is 4.74 Å². The van der Waals surface area contributed by atoms with Gasteiger partial charge in [-0.15, -0.1) is 0 Å². The molecule has 0 spiro atoms. The van der Waals surface area contributed by atoms with Crippen LogP contribution in [0.25, 0.3) is 0 Å². The maximum atomic E-state index is 10.8. The molecule has 11 heteroatoms. The van der Waals surface area contributed by atoms with Crippen molar-refractivity contribution >= 4 is 0 Å². The third-order valence-electron chi connectivity index (χ3n) is 5.39. The van der Waals surface area contributed by atoms with Crippen LogP contribution >= 0.6 is 0 Å². The van der Waals surface area contributed by atoms with Gasteiger partial charge in [0.05, 0.1) is 17.7 Å². The molecule has 30 heavy (non-hydrogen) atoms. The van der Waals surface area contributed by atoms with E-state index in [1.807, 2.05) is 0 Å². The lowest BCUT2D eigenvalue weighted by Gasteiger charge is -2.41. The van der Waals surface area contributed by atoms with Crippen LogP contribution in [-0.2, 0) is 4.74 Å². The fourth-order valence-electron chi connectivity index (χ4n) is 3.78. The standard InChI is InChI=1S/C19H20O11/c20-4-11-15(25)17(27)18(28)19(30-11)12-8(23)3-10-13(16(12)26)14(24)5-1-6(21)7(22)2-9(5)29-10/h1-3,11,14-15,17-28H,4H2/t11?,14?,15?,17-,18-,19?/m0/s1. The first kappa shape index (κ1) is 20.5. The Labute approximate surface area is 168 Å². The van der Waals surface area contributed by atoms with E-state index in [1.54, 1.807) is 0 Å². The lowest BCUT2D eigenvalue weighted by atomic mass is 9.87. The second kappa shape index (κ2) is 7.16. The van der Waals surface area contributed by atoms with Gasteiger partial charge in [0.25, 0.3) is 0 Å². The molecule has 0 aromatic heterocycles. The Balaban J connectivity index is 1.82. The van der Waals surface area contributed by atoms with Crippen molar-refractivity contribution in [2.45, 2.75) is 36.6 Å². The third-order valence-corrected chi connectivity index (χ3v) is 5.39. The van der Waals surface area contributed by atoms with Gasteiger partial charge in [0, 0.05) is 17.7 Å². The molecule has 2 aliphatic rings. The summed E-state index contributed by atoms with van der Waals surface area (Å²) in [5, 5.41) is 91.0. The normalized spacial score (nSPS) is 30.3. The molecule has 0 bridgehead atoms. The zero-order valence-electron chi connectivity index (χ0n) is 15.2. The molecule has 2 aromatic carbocycles. The maximum absolute atomic E-state index is 10.8. The molecule has 0 aliphatic carbocycles. The summed E-state index contributed by atoms with van der Waals surface area (Å²) >= 11 is 0. The number of benzene rings is 2. The van der Waals surface area contributed by atoms with Crippen molar-refractivity contribution in [3.05, 3.63) is 34.9 Å². The van der Waals surface area contributed by atoms with Gasteiger partial charge in [-0.3, -0.25) is 0 Å². The highest BCUT2D eigenvalue weighted by Crippen LogP contribution is 2.54. The minimum atomic E-state index is -1.78. The molecule has 2 aromatic rings. The monoisotopic (exact) mass is 424 g/mol. The molecule has 2 aliphatic heterocycles. The topological polar surface area (TPSA) is 201 Å². The lowest BCUT2D eigenvalue weighted by molar-refractivity contribution is -0.232. The van der Waals surface area contributed by atoms with Gasteiger partial charge < -0.3 is 55.4 Å². The van der Waals surface area contributed by atoms with Crippen LogP contribution in [0.1, 0.15) is 28.9 Å². The summed E-state index contributed by atoms with van der Waals surface area (Å²) in [7, 11) is 0. The minimum Gasteiger partial charge on any atom is -0.507 e. The Morgan fingerprint density at radius 1 is 0.733 bits per heavy atom. The van der Waals surface area contributed by atoms with Crippen LogP contribution in [0.2, 0.25) is 0 Å². The Bertz CT molecular complexity index is 989. The molecule has 2 heterocycles. The Morgan fingerprint density at radius 2 is 1.37 bits per heavy atom. The van der Waals surface area contributed by atoms with Gasteiger partial charge in [-0.05, 0) is 6.07 Å². The number of aromatic hydroxyl groups is 4. The van der Waals surface area contributed by atoms with E-state index in [0.717, 1.165) is 18.2 Å². The van der Waals surface area contributed by atoms with E-state index in [0.29, 0.717) is 0 Å². The van der Waals surface area contributed by atoms with Gasteiger partial charge in [-0.1, -0.05) is 0 Å². The van der Waals surface area contributed by atoms with Gasteiger partial charge in [0.15, 0.2) is 11.5 Å². The summed E-state index contributed by atoms with van der Waals surface area (Å²) in [4.78, 5) is 0. The SMILES string of the molecule is OCC1OC(c2c(O)cc3c(c2O)C(O)c2cc(O)c(O)cc2O3)[C@@H](O)[C@@H](O)C1O. The summed E-state index contributed by atoms with van der Waals surface area (Å²) < 4.78 is 10.9. The van der Waals surface area contributed by atoms with Gasteiger partial charge >= 0.3 is 0 Å². The molecule has 4 rings (SSSR count). The number of aliphatic hydroxyl groups excluding tert-OH is 5. The largest absolute Gasteiger partial charge is 0.507 e. The summed E-state index contributed by atoms with van der Waals surface area (Å²) in [5.41, 5.74) is -0.615. The molecular formula is C19H20O11. The second-order valence-corrected chi connectivity index (χ2v) is 7.20. The van der Waals surface area contributed by atoms with Crippen LogP contribution in [0.3, 0.4) is 0 Å². The molecular weight excluding hydrogens is 404 g/mol. The number of rotatable bonds is 2. The Kier molecular flexibility index (Phi) is 4.89. The molecule has 6 atom stereocenters. The van der Waals surface area contributed by atoms with E-state index < -0.39 is 71.8 Å². The fourth-order valence-corrected chi connectivity index (χ4v) is 3.78. The summed E-state index contributed by atoms with van der Waals surface area (Å²) in [6, 6.07) is 3.12. The number of aliphatic hydroxyl groups is 5.